The zero-order chi connectivity index (χ0) is 15.3. The molecule has 2 rings (SSSR count). The summed E-state index contributed by atoms with van der Waals surface area (Å²) in [5, 5.41) is 13.1. The SMILES string of the molecule is COc1ccccc1NC(C)(CO)Cc1ccc(F)cc1. The molecule has 0 aliphatic heterocycles. The molecule has 0 saturated heterocycles. The first-order chi connectivity index (χ1) is 10.1. The maximum atomic E-state index is 13.0. The minimum absolute atomic E-state index is 0.0531. The Morgan fingerprint density at radius 3 is 2.43 bits per heavy atom. The average molecular weight is 289 g/mol. The maximum Gasteiger partial charge on any atom is 0.141 e. The topological polar surface area (TPSA) is 41.5 Å². The summed E-state index contributed by atoms with van der Waals surface area (Å²) in [7, 11) is 1.61. The standard InChI is InChI=1S/C17H20FNO2/c1-17(12-20,11-13-7-9-14(18)10-8-13)19-15-5-3-4-6-16(15)21-2/h3-10,19-20H,11-12H2,1-2H3. The third-order valence-corrected chi connectivity index (χ3v) is 3.40. The van der Waals surface area contributed by atoms with Gasteiger partial charge in [-0.15, -0.1) is 0 Å². The molecule has 1 unspecified atom stereocenters. The first kappa shape index (κ1) is 15.3. The summed E-state index contributed by atoms with van der Waals surface area (Å²) in [6.07, 6.45) is 0.571. The van der Waals surface area contributed by atoms with E-state index in [0.717, 1.165) is 17.0 Å². The fourth-order valence-corrected chi connectivity index (χ4v) is 2.27. The van der Waals surface area contributed by atoms with E-state index in [1.54, 1.807) is 19.2 Å². The van der Waals surface area contributed by atoms with E-state index >= 15 is 0 Å². The quantitative estimate of drug-likeness (QED) is 0.858. The lowest BCUT2D eigenvalue weighted by Crippen LogP contribution is -2.41. The molecular formula is C17H20FNO2. The number of para-hydroxylation sites is 2. The summed E-state index contributed by atoms with van der Waals surface area (Å²) in [4.78, 5) is 0. The largest absolute Gasteiger partial charge is 0.495 e. The van der Waals surface area contributed by atoms with Crippen molar-refractivity contribution in [1.82, 2.24) is 0 Å². The van der Waals surface area contributed by atoms with Crippen LogP contribution in [0.1, 0.15) is 12.5 Å². The van der Waals surface area contributed by atoms with Crippen molar-refractivity contribution in [1.29, 1.82) is 0 Å². The molecule has 0 aliphatic rings. The van der Waals surface area contributed by atoms with E-state index in [1.165, 1.54) is 12.1 Å². The van der Waals surface area contributed by atoms with Gasteiger partial charge in [-0.1, -0.05) is 24.3 Å². The summed E-state index contributed by atoms with van der Waals surface area (Å²) in [6.45, 7) is 1.87. The summed E-state index contributed by atoms with van der Waals surface area (Å²) in [6, 6.07) is 13.9. The number of aliphatic hydroxyl groups is 1. The van der Waals surface area contributed by atoms with Gasteiger partial charge >= 0.3 is 0 Å². The van der Waals surface area contributed by atoms with Crippen LogP contribution in [-0.2, 0) is 6.42 Å². The van der Waals surface area contributed by atoms with Crippen LogP contribution in [0.4, 0.5) is 10.1 Å². The van der Waals surface area contributed by atoms with Crippen LogP contribution in [0, 0.1) is 5.82 Å². The Morgan fingerprint density at radius 2 is 1.81 bits per heavy atom. The predicted molar refractivity (Wildman–Crippen MR) is 82.2 cm³/mol. The van der Waals surface area contributed by atoms with Crippen molar-refractivity contribution in [2.24, 2.45) is 0 Å². The fourth-order valence-electron chi connectivity index (χ4n) is 2.27. The van der Waals surface area contributed by atoms with Crippen molar-refractivity contribution in [3.8, 4) is 5.75 Å². The highest BCUT2D eigenvalue weighted by Gasteiger charge is 2.24. The minimum atomic E-state index is -0.563. The van der Waals surface area contributed by atoms with Crippen LogP contribution in [0.3, 0.4) is 0 Å². The zero-order valence-corrected chi connectivity index (χ0v) is 12.3. The number of anilines is 1. The fraction of sp³-hybridized carbons (Fsp3) is 0.294. The molecule has 1 atom stereocenters. The maximum absolute atomic E-state index is 13.0. The molecular weight excluding hydrogens is 269 g/mol. The van der Waals surface area contributed by atoms with E-state index in [-0.39, 0.29) is 12.4 Å². The number of hydrogen-bond donors (Lipinski definition) is 2. The number of ether oxygens (including phenoxy) is 1. The van der Waals surface area contributed by atoms with E-state index in [2.05, 4.69) is 5.32 Å². The van der Waals surface area contributed by atoms with E-state index in [9.17, 15) is 9.50 Å². The molecule has 21 heavy (non-hydrogen) atoms. The van der Waals surface area contributed by atoms with Crippen molar-refractivity contribution in [2.75, 3.05) is 19.0 Å². The van der Waals surface area contributed by atoms with Crippen LogP contribution in [0.15, 0.2) is 48.5 Å². The smallest absolute Gasteiger partial charge is 0.141 e. The molecule has 0 spiro atoms. The number of nitrogens with one attached hydrogen (secondary N) is 1. The number of hydrogen-bond acceptors (Lipinski definition) is 3. The van der Waals surface area contributed by atoms with E-state index < -0.39 is 5.54 Å². The van der Waals surface area contributed by atoms with Gasteiger partial charge in [-0.25, -0.2) is 4.39 Å². The predicted octanol–water partition coefficient (Wildman–Crippen LogP) is 3.24. The Labute approximate surface area is 124 Å². The van der Waals surface area contributed by atoms with Gasteiger partial charge in [0.15, 0.2) is 0 Å². The molecule has 0 aromatic heterocycles. The Bertz CT molecular complexity index is 586. The van der Waals surface area contributed by atoms with Crippen LogP contribution in [0.5, 0.6) is 5.75 Å². The van der Waals surface area contributed by atoms with Crippen LogP contribution >= 0.6 is 0 Å². The second kappa shape index (κ2) is 6.59. The van der Waals surface area contributed by atoms with Gasteiger partial charge in [0.1, 0.15) is 11.6 Å². The third-order valence-electron chi connectivity index (χ3n) is 3.40. The lowest BCUT2D eigenvalue weighted by molar-refractivity contribution is 0.221. The van der Waals surface area contributed by atoms with Crippen LogP contribution < -0.4 is 10.1 Å². The van der Waals surface area contributed by atoms with Gasteiger partial charge < -0.3 is 15.2 Å². The summed E-state index contributed by atoms with van der Waals surface area (Å²) in [5.74, 6) is 0.457. The van der Waals surface area contributed by atoms with Crippen LogP contribution in [-0.4, -0.2) is 24.4 Å². The first-order valence-electron chi connectivity index (χ1n) is 6.83. The molecule has 0 saturated carbocycles. The molecule has 2 aromatic carbocycles. The van der Waals surface area contributed by atoms with Crippen LogP contribution in [0.2, 0.25) is 0 Å². The van der Waals surface area contributed by atoms with Gasteiger partial charge in [-0.05, 0) is 43.2 Å². The molecule has 2 N–H and O–H groups in total. The second-order valence-corrected chi connectivity index (χ2v) is 5.35. The van der Waals surface area contributed by atoms with E-state index in [1.807, 2.05) is 31.2 Å². The van der Waals surface area contributed by atoms with Gasteiger partial charge in [0.2, 0.25) is 0 Å². The number of benzene rings is 2. The van der Waals surface area contributed by atoms with Gasteiger partial charge in [-0.3, -0.25) is 0 Å². The Hall–Kier alpha value is -2.07. The average Bonchev–Trinajstić information content (AvgIpc) is 2.50. The van der Waals surface area contributed by atoms with Crippen molar-refractivity contribution in [3.05, 3.63) is 59.9 Å². The Balaban J connectivity index is 2.18. The molecule has 0 fully saturated rings. The van der Waals surface area contributed by atoms with Crippen molar-refractivity contribution in [3.63, 3.8) is 0 Å². The summed E-state index contributed by atoms with van der Waals surface area (Å²) >= 11 is 0. The number of rotatable bonds is 6. The third kappa shape index (κ3) is 3.95. The van der Waals surface area contributed by atoms with E-state index in [4.69, 9.17) is 4.74 Å². The summed E-state index contributed by atoms with van der Waals surface area (Å²) < 4.78 is 18.3. The zero-order valence-electron chi connectivity index (χ0n) is 12.3. The monoisotopic (exact) mass is 289 g/mol. The lowest BCUT2D eigenvalue weighted by atomic mass is 9.93. The second-order valence-electron chi connectivity index (χ2n) is 5.35. The highest BCUT2D eigenvalue weighted by Crippen LogP contribution is 2.28. The van der Waals surface area contributed by atoms with Crippen LogP contribution in [0.25, 0.3) is 0 Å². The first-order valence-corrected chi connectivity index (χ1v) is 6.83. The molecule has 0 heterocycles. The molecule has 112 valence electrons. The van der Waals surface area contributed by atoms with Crippen molar-refractivity contribution < 1.29 is 14.2 Å². The Kier molecular flexibility index (Phi) is 4.81. The van der Waals surface area contributed by atoms with Gasteiger partial charge in [0.05, 0.1) is 24.9 Å². The number of methoxy groups -OCH3 is 1. The number of aliphatic hydroxyl groups excluding tert-OH is 1. The highest BCUT2D eigenvalue weighted by molar-refractivity contribution is 5.57. The molecule has 0 amide bonds. The lowest BCUT2D eigenvalue weighted by Gasteiger charge is -2.31. The molecule has 0 aliphatic carbocycles. The molecule has 0 radical (unpaired) electrons. The van der Waals surface area contributed by atoms with E-state index in [0.29, 0.717) is 6.42 Å². The molecule has 3 nitrogen and oxygen atoms in total. The summed E-state index contributed by atoms with van der Waals surface area (Å²) in [5.41, 5.74) is 1.21. The van der Waals surface area contributed by atoms with Gasteiger partial charge in [0.25, 0.3) is 0 Å². The molecule has 0 bridgehead atoms. The van der Waals surface area contributed by atoms with Gasteiger partial charge in [0, 0.05) is 0 Å². The highest BCUT2D eigenvalue weighted by atomic mass is 19.1. The van der Waals surface area contributed by atoms with Crippen molar-refractivity contribution >= 4 is 5.69 Å². The number of halogens is 1. The molecule has 2 aromatic rings. The minimum Gasteiger partial charge on any atom is -0.495 e. The van der Waals surface area contributed by atoms with Gasteiger partial charge in [-0.2, -0.15) is 0 Å². The normalized spacial score (nSPS) is 13.5. The Morgan fingerprint density at radius 1 is 1.14 bits per heavy atom. The molecule has 4 heteroatoms. The van der Waals surface area contributed by atoms with Crippen molar-refractivity contribution in [2.45, 2.75) is 18.9 Å².